The van der Waals surface area contributed by atoms with Crippen LogP contribution in [-0.4, -0.2) is 35.4 Å². The van der Waals surface area contributed by atoms with Crippen molar-refractivity contribution in [2.45, 2.75) is 38.7 Å². The number of aromatic carboxylic acids is 1. The van der Waals surface area contributed by atoms with Gasteiger partial charge in [-0.1, -0.05) is 13.8 Å². The summed E-state index contributed by atoms with van der Waals surface area (Å²) in [5.41, 5.74) is 0.961. The summed E-state index contributed by atoms with van der Waals surface area (Å²) in [6.45, 7) is 5.32. The number of pyridine rings is 1. The Bertz CT molecular complexity index is 453. The molecule has 2 heterocycles. The lowest BCUT2D eigenvalue weighted by molar-refractivity contribution is 0.0235. The molecular formula is C14H19NO4. The van der Waals surface area contributed by atoms with Gasteiger partial charge in [0.1, 0.15) is 6.10 Å². The zero-order chi connectivity index (χ0) is 13.8. The van der Waals surface area contributed by atoms with Crippen molar-refractivity contribution in [2.24, 2.45) is 0 Å². The van der Waals surface area contributed by atoms with E-state index in [9.17, 15) is 4.79 Å². The van der Waals surface area contributed by atoms with Crippen LogP contribution < -0.4 is 4.74 Å². The van der Waals surface area contributed by atoms with Gasteiger partial charge in [0.2, 0.25) is 5.88 Å². The van der Waals surface area contributed by atoms with Crippen LogP contribution in [0.25, 0.3) is 0 Å². The van der Waals surface area contributed by atoms with E-state index in [1.807, 2.05) is 13.8 Å². The van der Waals surface area contributed by atoms with Gasteiger partial charge in [0.05, 0.1) is 18.8 Å². The second-order valence-corrected chi connectivity index (χ2v) is 5.01. The first-order chi connectivity index (χ1) is 9.06. The van der Waals surface area contributed by atoms with Gasteiger partial charge in [-0.2, -0.15) is 0 Å². The number of hydrogen-bond donors (Lipinski definition) is 1. The molecule has 1 aromatic heterocycles. The zero-order valence-corrected chi connectivity index (χ0v) is 11.3. The summed E-state index contributed by atoms with van der Waals surface area (Å²) < 4.78 is 11.0. The molecule has 0 spiro atoms. The highest BCUT2D eigenvalue weighted by Crippen LogP contribution is 2.22. The largest absolute Gasteiger partial charge is 0.478 e. The molecule has 104 valence electrons. The molecule has 0 aromatic carbocycles. The Hall–Kier alpha value is -1.62. The van der Waals surface area contributed by atoms with E-state index in [4.69, 9.17) is 14.6 Å². The van der Waals surface area contributed by atoms with Crippen LogP contribution in [0.4, 0.5) is 0 Å². The fraction of sp³-hybridized carbons (Fsp3) is 0.571. The molecule has 0 radical (unpaired) electrons. The Morgan fingerprint density at radius 1 is 1.42 bits per heavy atom. The van der Waals surface area contributed by atoms with Crippen LogP contribution in [0.5, 0.6) is 5.88 Å². The molecule has 0 atom stereocenters. The third-order valence-corrected chi connectivity index (χ3v) is 3.12. The molecule has 1 fully saturated rings. The molecule has 1 aliphatic heterocycles. The third kappa shape index (κ3) is 3.67. The van der Waals surface area contributed by atoms with Crippen LogP contribution in [0.1, 0.15) is 48.7 Å². The normalized spacial score (nSPS) is 16.6. The molecule has 1 saturated heterocycles. The minimum atomic E-state index is -0.957. The molecule has 1 N–H and O–H groups in total. The predicted octanol–water partition coefficient (Wildman–Crippen LogP) is 2.46. The minimum absolute atomic E-state index is 0.0605. The number of rotatable bonds is 4. The lowest BCUT2D eigenvalue weighted by atomic mass is 10.1. The number of ether oxygens (including phenoxy) is 2. The van der Waals surface area contributed by atoms with E-state index in [-0.39, 0.29) is 17.6 Å². The number of nitrogens with zero attached hydrogens (tertiary/aromatic N) is 1. The van der Waals surface area contributed by atoms with Crippen molar-refractivity contribution >= 4 is 5.97 Å². The fourth-order valence-electron chi connectivity index (χ4n) is 1.97. The Kier molecular flexibility index (Phi) is 4.37. The topological polar surface area (TPSA) is 68.7 Å². The van der Waals surface area contributed by atoms with Gasteiger partial charge in [-0.15, -0.1) is 0 Å². The van der Waals surface area contributed by atoms with Crippen LogP contribution in [-0.2, 0) is 4.74 Å². The van der Waals surface area contributed by atoms with E-state index in [1.165, 1.54) is 6.07 Å². The average molecular weight is 265 g/mol. The van der Waals surface area contributed by atoms with Gasteiger partial charge in [0, 0.05) is 24.6 Å². The molecule has 0 aliphatic carbocycles. The molecule has 0 unspecified atom stereocenters. The van der Waals surface area contributed by atoms with Gasteiger partial charge in [-0.3, -0.25) is 0 Å². The van der Waals surface area contributed by atoms with E-state index >= 15 is 0 Å². The van der Waals surface area contributed by atoms with Crippen LogP contribution in [0.2, 0.25) is 0 Å². The molecule has 19 heavy (non-hydrogen) atoms. The van der Waals surface area contributed by atoms with Gasteiger partial charge in [0.25, 0.3) is 0 Å². The maximum absolute atomic E-state index is 11.1. The van der Waals surface area contributed by atoms with Crippen LogP contribution >= 0.6 is 0 Å². The highest BCUT2D eigenvalue weighted by Gasteiger charge is 2.18. The number of carboxylic acid groups (broad SMARTS) is 1. The zero-order valence-electron chi connectivity index (χ0n) is 11.3. The van der Waals surface area contributed by atoms with Gasteiger partial charge in [-0.25, -0.2) is 9.78 Å². The monoisotopic (exact) mass is 265 g/mol. The van der Waals surface area contributed by atoms with Gasteiger partial charge < -0.3 is 14.6 Å². The summed E-state index contributed by atoms with van der Waals surface area (Å²) in [4.78, 5) is 15.5. The molecular weight excluding hydrogens is 246 g/mol. The maximum atomic E-state index is 11.1. The van der Waals surface area contributed by atoms with Gasteiger partial charge in [0.15, 0.2) is 0 Å². The first-order valence-corrected chi connectivity index (χ1v) is 6.56. The first kappa shape index (κ1) is 13.8. The summed E-state index contributed by atoms with van der Waals surface area (Å²) in [6.07, 6.45) is 1.69. The maximum Gasteiger partial charge on any atom is 0.335 e. The molecule has 5 nitrogen and oxygen atoms in total. The molecule has 0 amide bonds. The number of aromatic nitrogens is 1. The summed E-state index contributed by atoms with van der Waals surface area (Å²) >= 11 is 0. The molecule has 0 saturated carbocycles. The van der Waals surface area contributed by atoms with Crippen LogP contribution in [0, 0.1) is 0 Å². The van der Waals surface area contributed by atoms with Gasteiger partial charge in [-0.05, 0) is 12.0 Å². The molecule has 0 bridgehead atoms. The van der Waals surface area contributed by atoms with Crippen molar-refractivity contribution in [1.82, 2.24) is 4.98 Å². The van der Waals surface area contributed by atoms with Crippen molar-refractivity contribution in [3.8, 4) is 5.88 Å². The number of carboxylic acids is 1. The SMILES string of the molecule is CC(C)c1cc(C(=O)O)cc(OC2CCOCC2)n1. The lowest BCUT2D eigenvalue weighted by Crippen LogP contribution is -2.26. The molecule has 1 aromatic rings. The summed E-state index contributed by atoms with van der Waals surface area (Å²) in [5, 5.41) is 9.12. The first-order valence-electron chi connectivity index (χ1n) is 6.56. The van der Waals surface area contributed by atoms with E-state index < -0.39 is 5.97 Å². The second-order valence-electron chi connectivity index (χ2n) is 5.01. The van der Waals surface area contributed by atoms with Gasteiger partial charge >= 0.3 is 5.97 Å². The summed E-state index contributed by atoms with van der Waals surface area (Å²) in [6, 6.07) is 3.09. The fourth-order valence-corrected chi connectivity index (χ4v) is 1.97. The minimum Gasteiger partial charge on any atom is -0.478 e. The van der Waals surface area contributed by atoms with E-state index in [1.54, 1.807) is 6.07 Å². The van der Waals surface area contributed by atoms with Crippen LogP contribution in [0.15, 0.2) is 12.1 Å². The molecule has 2 rings (SSSR count). The van der Waals surface area contributed by atoms with Crippen LogP contribution in [0.3, 0.4) is 0 Å². The summed E-state index contributed by atoms with van der Waals surface area (Å²) in [5.74, 6) is -0.395. The van der Waals surface area contributed by atoms with Crippen molar-refractivity contribution in [3.63, 3.8) is 0 Å². The lowest BCUT2D eigenvalue weighted by Gasteiger charge is -2.23. The third-order valence-electron chi connectivity index (χ3n) is 3.12. The van der Waals surface area contributed by atoms with Crippen molar-refractivity contribution in [2.75, 3.05) is 13.2 Å². The molecule has 5 heteroatoms. The average Bonchev–Trinajstić information content (AvgIpc) is 2.39. The Labute approximate surface area is 112 Å². The Morgan fingerprint density at radius 2 is 2.11 bits per heavy atom. The quantitative estimate of drug-likeness (QED) is 0.905. The van der Waals surface area contributed by atoms with E-state index in [0.717, 1.165) is 18.5 Å². The van der Waals surface area contributed by atoms with E-state index in [2.05, 4.69) is 4.98 Å². The number of hydrogen-bond acceptors (Lipinski definition) is 4. The highest BCUT2D eigenvalue weighted by molar-refractivity contribution is 5.88. The smallest absolute Gasteiger partial charge is 0.335 e. The Morgan fingerprint density at radius 3 is 2.68 bits per heavy atom. The van der Waals surface area contributed by atoms with E-state index in [0.29, 0.717) is 19.1 Å². The number of carbonyl (C=O) groups is 1. The Balaban J connectivity index is 2.20. The predicted molar refractivity (Wildman–Crippen MR) is 69.8 cm³/mol. The standard InChI is InChI=1S/C14H19NO4/c1-9(2)12-7-10(14(16)17)8-13(15-12)19-11-3-5-18-6-4-11/h7-9,11H,3-6H2,1-2H3,(H,16,17). The molecule has 1 aliphatic rings. The van der Waals surface area contributed by atoms with Crippen molar-refractivity contribution in [1.29, 1.82) is 0 Å². The second kappa shape index (κ2) is 6.02. The highest BCUT2D eigenvalue weighted by atomic mass is 16.5. The van der Waals surface area contributed by atoms with Crippen molar-refractivity contribution in [3.05, 3.63) is 23.4 Å². The summed E-state index contributed by atoms with van der Waals surface area (Å²) in [7, 11) is 0. The van der Waals surface area contributed by atoms with Crippen molar-refractivity contribution < 1.29 is 19.4 Å².